The van der Waals surface area contributed by atoms with Gasteiger partial charge in [-0.3, -0.25) is 4.99 Å². The largest absolute Gasteiger partial charge is 0.492 e. The normalized spacial score (nSPS) is 10.9. The topological polar surface area (TPSA) is 63.5 Å². The first-order chi connectivity index (χ1) is 14.2. The van der Waals surface area contributed by atoms with Crippen LogP contribution in [-0.2, 0) is 13.0 Å². The third kappa shape index (κ3) is 7.70. The van der Waals surface area contributed by atoms with Gasteiger partial charge in [0.25, 0.3) is 0 Å². The molecule has 6 nitrogen and oxygen atoms in total. The van der Waals surface area contributed by atoms with E-state index in [9.17, 15) is 0 Å². The first kappa shape index (κ1) is 23.7. The number of hydrogen-bond acceptors (Lipinski definition) is 3. The van der Waals surface area contributed by atoms with E-state index in [0.29, 0.717) is 13.2 Å². The highest BCUT2D eigenvalue weighted by atomic mass is 127. The third-order valence-corrected chi connectivity index (χ3v) is 4.55. The van der Waals surface area contributed by atoms with Crippen molar-refractivity contribution in [3.05, 3.63) is 83.9 Å². The molecule has 1 heterocycles. The van der Waals surface area contributed by atoms with Crippen molar-refractivity contribution in [2.45, 2.75) is 19.9 Å². The minimum atomic E-state index is 0. The van der Waals surface area contributed by atoms with Gasteiger partial charge in [0.1, 0.15) is 18.2 Å². The van der Waals surface area contributed by atoms with Crippen molar-refractivity contribution in [3.8, 4) is 5.75 Å². The van der Waals surface area contributed by atoms with E-state index in [1.54, 1.807) is 7.05 Å². The Bertz CT molecular complexity index is 893. The van der Waals surface area contributed by atoms with Crippen molar-refractivity contribution >= 4 is 29.9 Å². The number of halogens is 1. The quantitative estimate of drug-likeness (QED) is 0.196. The van der Waals surface area contributed by atoms with Crippen LogP contribution < -0.4 is 15.4 Å². The SMILES string of the molecule is CN=C(NCCOc1ccc(C)cc1)NCCc1nccn1Cc1ccccc1.I. The predicted octanol–water partition coefficient (Wildman–Crippen LogP) is 3.64. The standard InChI is InChI=1S/C23H29N5O.HI/c1-19-8-10-21(11-9-19)29-17-15-27-23(24-2)26-13-12-22-25-14-16-28(22)18-20-6-4-3-5-7-20;/h3-11,14,16H,12-13,15,17-18H2,1-2H3,(H2,24,26,27);1H. The van der Waals surface area contributed by atoms with Crippen molar-refractivity contribution in [3.63, 3.8) is 0 Å². The molecular weight excluding hydrogens is 489 g/mol. The van der Waals surface area contributed by atoms with E-state index in [2.05, 4.69) is 56.4 Å². The molecule has 0 fully saturated rings. The number of guanidine groups is 1. The number of hydrogen-bond donors (Lipinski definition) is 2. The van der Waals surface area contributed by atoms with Gasteiger partial charge in [-0.2, -0.15) is 0 Å². The van der Waals surface area contributed by atoms with Gasteiger partial charge < -0.3 is 19.9 Å². The molecule has 0 unspecified atom stereocenters. The maximum atomic E-state index is 5.73. The molecular formula is C23H30IN5O. The smallest absolute Gasteiger partial charge is 0.191 e. The lowest BCUT2D eigenvalue weighted by atomic mass is 10.2. The summed E-state index contributed by atoms with van der Waals surface area (Å²) in [4.78, 5) is 8.76. The zero-order valence-corrected chi connectivity index (χ0v) is 19.9. The van der Waals surface area contributed by atoms with Crippen LogP contribution in [0.15, 0.2) is 72.0 Å². The lowest BCUT2D eigenvalue weighted by Gasteiger charge is -2.13. The average Bonchev–Trinajstić information content (AvgIpc) is 3.18. The first-order valence-electron chi connectivity index (χ1n) is 9.92. The van der Waals surface area contributed by atoms with Crippen LogP contribution in [0.2, 0.25) is 0 Å². The Morgan fingerprint density at radius 3 is 2.50 bits per heavy atom. The molecule has 2 N–H and O–H groups in total. The molecule has 3 rings (SSSR count). The Morgan fingerprint density at radius 2 is 1.77 bits per heavy atom. The van der Waals surface area contributed by atoms with Crippen LogP contribution in [0.1, 0.15) is 17.0 Å². The molecule has 0 aliphatic carbocycles. The molecule has 3 aromatic rings. The molecule has 0 atom stereocenters. The van der Waals surface area contributed by atoms with E-state index < -0.39 is 0 Å². The van der Waals surface area contributed by atoms with E-state index >= 15 is 0 Å². The van der Waals surface area contributed by atoms with Crippen LogP contribution in [-0.4, -0.2) is 42.3 Å². The number of nitrogens with one attached hydrogen (secondary N) is 2. The van der Waals surface area contributed by atoms with Crippen molar-refractivity contribution in [1.82, 2.24) is 20.2 Å². The first-order valence-corrected chi connectivity index (χ1v) is 9.92. The summed E-state index contributed by atoms with van der Waals surface area (Å²) in [6.45, 7) is 4.90. The Balaban J connectivity index is 0.00000320. The fourth-order valence-electron chi connectivity index (χ4n) is 2.98. The second-order valence-electron chi connectivity index (χ2n) is 6.79. The van der Waals surface area contributed by atoms with Gasteiger partial charge in [0, 0.05) is 39.0 Å². The highest BCUT2D eigenvalue weighted by molar-refractivity contribution is 14.0. The fraction of sp³-hybridized carbons (Fsp3) is 0.304. The number of benzene rings is 2. The number of aromatic nitrogens is 2. The summed E-state index contributed by atoms with van der Waals surface area (Å²) in [5.41, 5.74) is 2.50. The van der Waals surface area contributed by atoms with E-state index in [4.69, 9.17) is 4.74 Å². The Kier molecular flexibility index (Phi) is 10.2. The summed E-state index contributed by atoms with van der Waals surface area (Å²) in [6.07, 6.45) is 4.70. The second-order valence-corrected chi connectivity index (χ2v) is 6.79. The van der Waals surface area contributed by atoms with Gasteiger partial charge in [-0.1, -0.05) is 48.0 Å². The minimum Gasteiger partial charge on any atom is -0.492 e. The number of nitrogens with zero attached hydrogens (tertiary/aromatic N) is 3. The fourth-order valence-corrected chi connectivity index (χ4v) is 2.98. The number of rotatable bonds is 9. The zero-order chi connectivity index (χ0) is 20.3. The van der Waals surface area contributed by atoms with Gasteiger partial charge in [-0.05, 0) is 24.6 Å². The molecule has 160 valence electrons. The van der Waals surface area contributed by atoms with Gasteiger partial charge in [0.05, 0.1) is 6.54 Å². The van der Waals surface area contributed by atoms with Crippen molar-refractivity contribution < 1.29 is 4.74 Å². The van der Waals surface area contributed by atoms with Crippen LogP contribution in [0.5, 0.6) is 5.75 Å². The van der Waals surface area contributed by atoms with Crippen LogP contribution >= 0.6 is 24.0 Å². The summed E-state index contributed by atoms with van der Waals surface area (Å²) in [7, 11) is 1.77. The summed E-state index contributed by atoms with van der Waals surface area (Å²) >= 11 is 0. The molecule has 0 bridgehead atoms. The highest BCUT2D eigenvalue weighted by Crippen LogP contribution is 2.10. The van der Waals surface area contributed by atoms with Crippen molar-refractivity contribution in [1.29, 1.82) is 0 Å². The number of aliphatic imine (C=N–C) groups is 1. The summed E-state index contributed by atoms with van der Waals surface area (Å²) < 4.78 is 7.92. The molecule has 0 radical (unpaired) electrons. The average molecular weight is 519 g/mol. The third-order valence-electron chi connectivity index (χ3n) is 4.55. The predicted molar refractivity (Wildman–Crippen MR) is 133 cm³/mol. The molecule has 0 saturated carbocycles. The van der Waals surface area contributed by atoms with E-state index in [0.717, 1.165) is 37.0 Å². The lowest BCUT2D eigenvalue weighted by molar-refractivity contribution is 0.322. The number of ether oxygens (including phenoxy) is 1. The van der Waals surface area contributed by atoms with Crippen molar-refractivity contribution in [2.75, 3.05) is 26.7 Å². The van der Waals surface area contributed by atoms with Gasteiger partial charge in [-0.15, -0.1) is 24.0 Å². The Labute approximate surface area is 195 Å². The van der Waals surface area contributed by atoms with Crippen LogP contribution in [0, 0.1) is 6.92 Å². The molecule has 30 heavy (non-hydrogen) atoms. The molecule has 0 aliphatic heterocycles. The second kappa shape index (κ2) is 12.9. The van der Waals surface area contributed by atoms with E-state index in [1.165, 1.54) is 11.1 Å². The minimum absolute atomic E-state index is 0. The van der Waals surface area contributed by atoms with Gasteiger partial charge >= 0.3 is 0 Å². The van der Waals surface area contributed by atoms with Crippen LogP contribution in [0.3, 0.4) is 0 Å². The van der Waals surface area contributed by atoms with Gasteiger partial charge in [0.15, 0.2) is 5.96 Å². The zero-order valence-electron chi connectivity index (χ0n) is 17.5. The molecule has 0 aliphatic rings. The van der Waals surface area contributed by atoms with Crippen LogP contribution in [0.25, 0.3) is 0 Å². The summed E-state index contributed by atoms with van der Waals surface area (Å²) in [6, 6.07) is 18.5. The van der Waals surface area contributed by atoms with Gasteiger partial charge in [0.2, 0.25) is 0 Å². The molecule has 0 saturated heterocycles. The Hall–Kier alpha value is -2.55. The highest BCUT2D eigenvalue weighted by Gasteiger charge is 2.04. The molecule has 2 aromatic carbocycles. The molecule has 1 aromatic heterocycles. The Morgan fingerprint density at radius 1 is 1.03 bits per heavy atom. The molecule has 0 amide bonds. The molecule has 0 spiro atoms. The molecule has 7 heteroatoms. The summed E-state index contributed by atoms with van der Waals surface area (Å²) in [5, 5.41) is 6.61. The summed E-state index contributed by atoms with van der Waals surface area (Å²) in [5.74, 6) is 2.70. The van der Waals surface area contributed by atoms with Gasteiger partial charge in [-0.25, -0.2) is 4.98 Å². The maximum absolute atomic E-state index is 5.73. The lowest BCUT2D eigenvalue weighted by Crippen LogP contribution is -2.40. The monoisotopic (exact) mass is 519 g/mol. The maximum Gasteiger partial charge on any atom is 0.191 e. The van der Waals surface area contributed by atoms with Crippen LogP contribution in [0.4, 0.5) is 0 Å². The van der Waals surface area contributed by atoms with Crippen molar-refractivity contribution in [2.24, 2.45) is 4.99 Å². The van der Waals surface area contributed by atoms with E-state index in [-0.39, 0.29) is 24.0 Å². The van der Waals surface area contributed by atoms with E-state index in [1.807, 2.05) is 42.7 Å². The number of aryl methyl sites for hydroxylation is 1. The number of imidazole rings is 1.